The lowest BCUT2D eigenvalue weighted by Crippen LogP contribution is -2.48. The minimum atomic E-state index is -5.68. The Labute approximate surface area is 310 Å². The number of rotatable bonds is 8. The molecule has 0 spiro atoms. The Hall–Kier alpha value is -5.06. The number of halogens is 6. The molecule has 0 amide bonds. The molecular weight excluding hydrogens is 727 g/mol. The zero-order valence-electron chi connectivity index (χ0n) is 28.8. The van der Waals surface area contributed by atoms with E-state index in [1.54, 1.807) is 86.6 Å². The molecule has 6 aromatic rings. The molecule has 1 aliphatic carbocycles. The molecule has 268 valence electrons. The van der Waals surface area contributed by atoms with Crippen LogP contribution in [0.15, 0.2) is 97.1 Å². The van der Waals surface area contributed by atoms with E-state index in [4.69, 9.17) is 0 Å². The molecule has 1 aliphatic rings. The zero-order valence-corrected chi connectivity index (χ0v) is 30.4. The first kappa shape index (κ1) is 36.3. The van der Waals surface area contributed by atoms with Gasteiger partial charge in [0.05, 0.1) is 11.1 Å². The summed E-state index contributed by atoms with van der Waals surface area (Å²) in [6, 6.07) is 28.2. The second kappa shape index (κ2) is 13.1. The molecule has 2 aromatic heterocycles. The Bertz CT molecular complexity index is 2250. The van der Waals surface area contributed by atoms with Crippen LogP contribution in [-0.2, 0) is 0 Å². The number of carbonyl (C=O) groups excluding carboxylic acids is 2. The van der Waals surface area contributed by atoms with Gasteiger partial charge in [0.2, 0.25) is 0 Å². The maximum Gasteiger partial charge on any atom is 0.380 e. The molecule has 53 heavy (non-hydrogen) atoms. The smallest absolute Gasteiger partial charge is 0.298 e. The first-order valence-corrected chi connectivity index (χ1v) is 18.2. The lowest BCUT2D eigenvalue weighted by molar-refractivity contribution is -0.254. The van der Waals surface area contributed by atoms with Crippen LogP contribution in [0.25, 0.3) is 54.3 Å². The number of hydrogen-bond acceptors (Lipinski definition) is 4. The molecule has 7 rings (SSSR count). The summed E-state index contributed by atoms with van der Waals surface area (Å²) >= 11 is 1.60. The molecule has 0 unspecified atom stereocenters. The van der Waals surface area contributed by atoms with Gasteiger partial charge in [-0.1, -0.05) is 97.1 Å². The van der Waals surface area contributed by atoms with Gasteiger partial charge in [0.25, 0.3) is 0 Å². The lowest BCUT2D eigenvalue weighted by Gasteiger charge is -2.25. The third-order valence-corrected chi connectivity index (χ3v) is 13.0. The number of thiophene rings is 2. The molecule has 0 fully saturated rings. The number of hydrogen-bond donors (Lipinski definition) is 0. The van der Waals surface area contributed by atoms with E-state index in [2.05, 4.69) is 0 Å². The third kappa shape index (κ3) is 5.70. The molecule has 4 aromatic carbocycles. The predicted octanol–water partition coefficient (Wildman–Crippen LogP) is 13.2. The van der Waals surface area contributed by atoms with E-state index >= 15 is 26.3 Å². The summed E-state index contributed by atoms with van der Waals surface area (Å²) in [6.45, 7) is 6.32. The van der Waals surface area contributed by atoms with Crippen molar-refractivity contribution in [1.82, 2.24) is 0 Å². The molecule has 0 radical (unpaired) electrons. The second-order valence-corrected chi connectivity index (χ2v) is 15.2. The van der Waals surface area contributed by atoms with Crippen molar-refractivity contribution >= 4 is 46.4 Å². The van der Waals surface area contributed by atoms with E-state index in [0.717, 1.165) is 57.5 Å². The van der Waals surface area contributed by atoms with Crippen molar-refractivity contribution in [2.75, 3.05) is 0 Å². The first-order chi connectivity index (χ1) is 25.1. The van der Waals surface area contributed by atoms with Crippen molar-refractivity contribution < 1.29 is 35.9 Å². The van der Waals surface area contributed by atoms with Crippen LogP contribution >= 0.6 is 22.7 Å². The summed E-state index contributed by atoms with van der Waals surface area (Å²) < 4.78 is 94.9. The van der Waals surface area contributed by atoms with Crippen molar-refractivity contribution in [2.24, 2.45) is 0 Å². The van der Waals surface area contributed by atoms with Crippen molar-refractivity contribution in [2.45, 2.75) is 45.5 Å². The van der Waals surface area contributed by atoms with Crippen LogP contribution in [0.1, 0.15) is 52.7 Å². The van der Waals surface area contributed by atoms with Crippen LogP contribution < -0.4 is 0 Å². The van der Waals surface area contributed by atoms with Gasteiger partial charge < -0.3 is 0 Å². The van der Waals surface area contributed by atoms with Gasteiger partial charge in [0.1, 0.15) is 12.6 Å². The predicted molar refractivity (Wildman–Crippen MR) is 202 cm³/mol. The molecule has 0 N–H and O–H groups in total. The summed E-state index contributed by atoms with van der Waals surface area (Å²) in [5.41, 5.74) is 4.41. The minimum absolute atomic E-state index is 0.224. The van der Waals surface area contributed by atoms with E-state index in [1.807, 2.05) is 24.3 Å². The molecule has 0 atom stereocenters. The third-order valence-electron chi connectivity index (χ3n) is 10.1. The largest absolute Gasteiger partial charge is 0.380 e. The fourth-order valence-electron chi connectivity index (χ4n) is 6.69. The Morgan fingerprint density at radius 2 is 0.642 bits per heavy atom. The maximum atomic E-state index is 16.0. The number of alkyl halides is 6. The second-order valence-electron chi connectivity index (χ2n) is 13.1. The standard InChI is InChI=1S/C43H30F6O2S2/c1-23-25(3)39(52-37(23)33-17-13-31(14-18-33)29-9-5-27(21-50)6-10-29)35-36(42(46,47)43(48,49)41(35,44)45)40-26(4)24(2)38(53-40)34-19-15-32(16-20-34)30-11-7-28(22-51)8-12-30/h5-22H,1-4H3. The van der Waals surface area contributed by atoms with Crippen LogP contribution in [0.2, 0.25) is 0 Å². The topological polar surface area (TPSA) is 34.1 Å². The molecule has 0 bridgehead atoms. The number of aldehydes is 2. The molecule has 0 aliphatic heterocycles. The van der Waals surface area contributed by atoms with Gasteiger partial charge in [-0.05, 0) is 83.3 Å². The fourth-order valence-corrected chi connectivity index (χ4v) is 9.50. The Kier molecular flexibility index (Phi) is 8.98. The highest BCUT2D eigenvalue weighted by Gasteiger charge is 2.80. The molecule has 2 heterocycles. The van der Waals surface area contributed by atoms with Crippen LogP contribution in [0.4, 0.5) is 26.3 Å². The van der Waals surface area contributed by atoms with E-state index in [1.165, 1.54) is 13.8 Å². The van der Waals surface area contributed by atoms with Crippen molar-refractivity contribution in [3.05, 3.63) is 140 Å². The van der Waals surface area contributed by atoms with Crippen molar-refractivity contribution in [1.29, 1.82) is 0 Å². The fraction of sp³-hybridized carbons (Fsp3) is 0.163. The average molecular weight is 757 g/mol. The van der Waals surface area contributed by atoms with Gasteiger partial charge in [-0.2, -0.15) is 26.3 Å². The Morgan fingerprint density at radius 1 is 0.396 bits per heavy atom. The summed E-state index contributed by atoms with van der Waals surface area (Å²) in [5, 5.41) is 0. The van der Waals surface area contributed by atoms with Crippen molar-refractivity contribution in [3.63, 3.8) is 0 Å². The summed E-state index contributed by atoms with van der Waals surface area (Å²) in [7, 11) is 0. The summed E-state index contributed by atoms with van der Waals surface area (Å²) in [6.07, 6.45) is 1.48. The van der Waals surface area contributed by atoms with Crippen LogP contribution in [-0.4, -0.2) is 30.3 Å². The van der Waals surface area contributed by atoms with Gasteiger partial charge >= 0.3 is 17.8 Å². The molecular formula is C43H30F6O2S2. The number of carbonyl (C=O) groups is 2. The van der Waals surface area contributed by atoms with Gasteiger partial charge in [0.15, 0.2) is 0 Å². The van der Waals surface area contributed by atoms with Gasteiger partial charge in [-0.3, -0.25) is 9.59 Å². The SMILES string of the molecule is Cc1c(C2=C(c3sc(-c4ccc(-c5ccc(C=O)cc5)cc4)c(C)c3C)C(F)(F)C(F)(F)C2(F)F)sc(-c2ccc(-c3ccc(C=O)cc3)cc2)c1C. The lowest BCUT2D eigenvalue weighted by atomic mass is 9.96. The minimum Gasteiger partial charge on any atom is -0.298 e. The van der Waals surface area contributed by atoms with E-state index in [9.17, 15) is 9.59 Å². The summed E-state index contributed by atoms with van der Waals surface area (Å²) in [5.74, 6) is -16.0. The molecule has 10 heteroatoms. The molecule has 0 saturated heterocycles. The highest BCUT2D eigenvalue weighted by molar-refractivity contribution is 7.18. The number of allylic oxidation sites excluding steroid dienone is 2. The van der Waals surface area contributed by atoms with Crippen LogP contribution in [0, 0.1) is 27.7 Å². The average Bonchev–Trinajstić information content (AvgIpc) is 3.66. The van der Waals surface area contributed by atoms with Crippen LogP contribution in [0.3, 0.4) is 0 Å². The number of benzene rings is 4. The van der Waals surface area contributed by atoms with Gasteiger partial charge in [-0.25, -0.2) is 0 Å². The zero-order chi connectivity index (χ0) is 38.0. The monoisotopic (exact) mass is 756 g/mol. The van der Waals surface area contributed by atoms with E-state index in [-0.39, 0.29) is 20.9 Å². The first-order valence-electron chi connectivity index (χ1n) is 16.5. The molecule has 0 saturated carbocycles. The van der Waals surface area contributed by atoms with Gasteiger partial charge in [0, 0.05) is 30.6 Å². The highest BCUT2D eigenvalue weighted by atomic mass is 32.1. The quantitative estimate of drug-likeness (QED) is 0.114. The van der Waals surface area contributed by atoms with E-state index < -0.39 is 28.9 Å². The molecule has 2 nitrogen and oxygen atoms in total. The van der Waals surface area contributed by atoms with E-state index in [0.29, 0.717) is 43.1 Å². The Balaban J connectivity index is 1.33. The van der Waals surface area contributed by atoms with Crippen molar-refractivity contribution in [3.8, 4) is 43.1 Å². The highest BCUT2D eigenvalue weighted by Crippen LogP contribution is 2.67. The Morgan fingerprint density at radius 3 is 0.925 bits per heavy atom. The van der Waals surface area contributed by atoms with Gasteiger partial charge in [-0.15, -0.1) is 22.7 Å². The summed E-state index contributed by atoms with van der Waals surface area (Å²) in [4.78, 5) is 22.5. The maximum absolute atomic E-state index is 16.0. The van der Waals surface area contributed by atoms with Crippen LogP contribution in [0.5, 0.6) is 0 Å². The normalized spacial score (nSPS) is 15.9.